The van der Waals surface area contributed by atoms with Crippen molar-refractivity contribution in [3.63, 3.8) is 0 Å². The van der Waals surface area contributed by atoms with E-state index in [4.69, 9.17) is 17.3 Å². The molecule has 4 aromatic rings. The van der Waals surface area contributed by atoms with Crippen molar-refractivity contribution < 1.29 is 0 Å². The van der Waals surface area contributed by atoms with Crippen LogP contribution in [0.4, 0.5) is 5.69 Å². The van der Waals surface area contributed by atoms with Crippen LogP contribution in [-0.4, -0.2) is 9.38 Å². The van der Waals surface area contributed by atoms with E-state index in [0.29, 0.717) is 13.1 Å². The van der Waals surface area contributed by atoms with Crippen molar-refractivity contribution in [2.45, 2.75) is 20.0 Å². The van der Waals surface area contributed by atoms with Crippen LogP contribution in [0.1, 0.15) is 16.7 Å². The second kappa shape index (κ2) is 7.43. The van der Waals surface area contributed by atoms with Crippen molar-refractivity contribution >= 4 is 22.9 Å². The maximum absolute atomic E-state index is 6.56. The van der Waals surface area contributed by atoms with Gasteiger partial charge < -0.3 is 15.5 Å². The first-order valence-corrected chi connectivity index (χ1v) is 9.28. The quantitative estimate of drug-likeness (QED) is 0.513. The normalized spacial score (nSPS) is 11.1. The number of nitrogens with zero attached hydrogens (tertiary/aromatic N) is 2. The van der Waals surface area contributed by atoms with E-state index < -0.39 is 0 Å². The van der Waals surface area contributed by atoms with Crippen LogP contribution < -0.4 is 11.1 Å². The summed E-state index contributed by atoms with van der Waals surface area (Å²) >= 11 is 6.56. The summed E-state index contributed by atoms with van der Waals surface area (Å²) in [4.78, 5) is 4.52. The van der Waals surface area contributed by atoms with Gasteiger partial charge in [0.1, 0.15) is 0 Å². The summed E-state index contributed by atoms with van der Waals surface area (Å²) < 4.78 is 2.01. The minimum Gasteiger partial charge on any atom is -0.378 e. The summed E-state index contributed by atoms with van der Waals surface area (Å²) in [6.45, 7) is 3.12. The Hall–Kier alpha value is -2.82. The van der Waals surface area contributed by atoms with E-state index in [1.54, 1.807) is 6.20 Å². The SMILES string of the molecule is Cc1ccc(-c2cn3ccnc3c(NCc3ccccc3)c2CN)c(Cl)c1. The Labute approximate surface area is 163 Å². The number of imidazole rings is 1. The van der Waals surface area contributed by atoms with Crippen molar-refractivity contribution in [3.05, 3.63) is 88.8 Å². The van der Waals surface area contributed by atoms with Crippen molar-refractivity contribution in [3.8, 4) is 11.1 Å². The van der Waals surface area contributed by atoms with Crippen LogP contribution in [0.2, 0.25) is 5.02 Å². The molecule has 0 unspecified atom stereocenters. The highest BCUT2D eigenvalue weighted by molar-refractivity contribution is 6.33. The van der Waals surface area contributed by atoms with E-state index in [9.17, 15) is 0 Å². The van der Waals surface area contributed by atoms with E-state index in [1.165, 1.54) is 5.56 Å². The lowest BCUT2D eigenvalue weighted by atomic mass is 9.99. The van der Waals surface area contributed by atoms with E-state index in [1.807, 2.05) is 41.8 Å². The largest absolute Gasteiger partial charge is 0.378 e. The zero-order valence-corrected chi connectivity index (χ0v) is 15.9. The van der Waals surface area contributed by atoms with Gasteiger partial charge in [-0.1, -0.05) is 54.1 Å². The number of halogens is 1. The van der Waals surface area contributed by atoms with Crippen LogP contribution in [-0.2, 0) is 13.1 Å². The topological polar surface area (TPSA) is 55.3 Å². The molecule has 2 aromatic heterocycles. The number of anilines is 1. The number of aromatic nitrogens is 2. The molecule has 0 amide bonds. The molecule has 0 fully saturated rings. The zero-order valence-electron chi connectivity index (χ0n) is 15.1. The monoisotopic (exact) mass is 376 g/mol. The van der Waals surface area contributed by atoms with Gasteiger partial charge in [-0.25, -0.2) is 4.98 Å². The minimum atomic E-state index is 0.389. The summed E-state index contributed by atoms with van der Waals surface area (Å²) in [5.41, 5.74) is 13.3. The van der Waals surface area contributed by atoms with Gasteiger partial charge in [-0.05, 0) is 24.1 Å². The number of aryl methyl sites for hydroxylation is 1. The first kappa shape index (κ1) is 17.6. The van der Waals surface area contributed by atoms with E-state index >= 15 is 0 Å². The van der Waals surface area contributed by atoms with E-state index in [2.05, 4.69) is 40.8 Å². The van der Waals surface area contributed by atoms with Crippen LogP contribution >= 0.6 is 11.6 Å². The van der Waals surface area contributed by atoms with Gasteiger partial charge in [-0.3, -0.25) is 0 Å². The number of hydrogen-bond donors (Lipinski definition) is 2. The van der Waals surface area contributed by atoms with Gasteiger partial charge in [0.05, 0.1) is 5.69 Å². The van der Waals surface area contributed by atoms with Gasteiger partial charge in [0, 0.05) is 53.4 Å². The Morgan fingerprint density at radius 2 is 1.93 bits per heavy atom. The predicted molar refractivity (Wildman–Crippen MR) is 112 cm³/mol. The fraction of sp³-hybridized carbons (Fsp3) is 0.136. The summed E-state index contributed by atoms with van der Waals surface area (Å²) in [7, 11) is 0. The van der Waals surface area contributed by atoms with Crippen LogP contribution in [0, 0.1) is 6.92 Å². The third-order valence-electron chi connectivity index (χ3n) is 4.72. The predicted octanol–water partition coefficient (Wildman–Crippen LogP) is 5.03. The van der Waals surface area contributed by atoms with Crippen molar-refractivity contribution in [1.82, 2.24) is 9.38 Å². The molecule has 3 N–H and O–H groups in total. The zero-order chi connectivity index (χ0) is 18.8. The van der Waals surface area contributed by atoms with Crippen LogP contribution in [0.15, 0.2) is 67.1 Å². The van der Waals surface area contributed by atoms with Crippen molar-refractivity contribution in [2.24, 2.45) is 5.73 Å². The lowest BCUT2D eigenvalue weighted by molar-refractivity contribution is 1.03. The molecule has 0 saturated heterocycles. The number of nitrogens with two attached hydrogens (primary N) is 1. The number of nitrogens with one attached hydrogen (secondary N) is 1. The van der Waals surface area contributed by atoms with Crippen LogP contribution in [0.25, 0.3) is 16.8 Å². The molecule has 0 saturated carbocycles. The number of hydrogen-bond acceptors (Lipinski definition) is 3. The third kappa shape index (κ3) is 3.42. The molecule has 27 heavy (non-hydrogen) atoms. The molecule has 4 nitrogen and oxygen atoms in total. The molecule has 136 valence electrons. The second-order valence-electron chi connectivity index (χ2n) is 6.58. The number of fused-ring (bicyclic) bond motifs is 1. The van der Waals surface area contributed by atoms with Gasteiger partial charge >= 0.3 is 0 Å². The van der Waals surface area contributed by atoms with Gasteiger partial charge in [-0.2, -0.15) is 0 Å². The van der Waals surface area contributed by atoms with Gasteiger partial charge in [0.25, 0.3) is 0 Å². The molecule has 0 atom stereocenters. The maximum Gasteiger partial charge on any atom is 0.160 e. The Bertz CT molecular complexity index is 1090. The molecule has 0 spiro atoms. The minimum absolute atomic E-state index is 0.389. The summed E-state index contributed by atoms with van der Waals surface area (Å²) in [6.07, 6.45) is 5.79. The summed E-state index contributed by atoms with van der Waals surface area (Å²) in [6, 6.07) is 16.4. The highest BCUT2D eigenvalue weighted by Crippen LogP contribution is 2.36. The first-order chi connectivity index (χ1) is 13.2. The first-order valence-electron chi connectivity index (χ1n) is 8.90. The molecule has 2 aromatic carbocycles. The highest BCUT2D eigenvalue weighted by atomic mass is 35.5. The lowest BCUT2D eigenvalue weighted by Crippen LogP contribution is -2.10. The molecule has 5 heteroatoms. The van der Waals surface area contributed by atoms with Crippen molar-refractivity contribution in [1.29, 1.82) is 0 Å². The summed E-state index contributed by atoms with van der Waals surface area (Å²) in [5.74, 6) is 0. The number of rotatable bonds is 5. The Morgan fingerprint density at radius 1 is 1.11 bits per heavy atom. The Morgan fingerprint density at radius 3 is 2.67 bits per heavy atom. The van der Waals surface area contributed by atoms with Gasteiger partial charge in [0.15, 0.2) is 5.65 Å². The second-order valence-corrected chi connectivity index (χ2v) is 6.99. The van der Waals surface area contributed by atoms with E-state index in [0.717, 1.165) is 38.6 Å². The van der Waals surface area contributed by atoms with Gasteiger partial charge in [-0.15, -0.1) is 0 Å². The average Bonchev–Trinajstić information content (AvgIpc) is 3.14. The standard InChI is InChI=1S/C22H21ClN4/c1-15-7-8-17(20(23)11-15)19-14-27-10-9-25-22(27)21(18(19)12-24)26-13-16-5-3-2-4-6-16/h2-11,14,26H,12-13,24H2,1H3. The van der Waals surface area contributed by atoms with Crippen LogP contribution in [0.5, 0.6) is 0 Å². The molecule has 0 aliphatic rings. The third-order valence-corrected chi connectivity index (χ3v) is 5.03. The summed E-state index contributed by atoms with van der Waals surface area (Å²) in [5, 5.41) is 4.26. The highest BCUT2D eigenvalue weighted by Gasteiger charge is 2.17. The molecule has 0 aliphatic heterocycles. The van der Waals surface area contributed by atoms with Crippen LogP contribution in [0.3, 0.4) is 0 Å². The van der Waals surface area contributed by atoms with Crippen molar-refractivity contribution in [2.75, 3.05) is 5.32 Å². The molecular formula is C22H21ClN4. The molecule has 0 bridgehead atoms. The fourth-order valence-electron chi connectivity index (χ4n) is 3.35. The molecule has 0 radical (unpaired) electrons. The van der Waals surface area contributed by atoms with Gasteiger partial charge in [0.2, 0.25) is 0 Å². The Kier molecular flexibility index (Phi) is 4.84. The number of benzene rings is 2. The molecule has 2 heterocycles. The lowest BCUT2D eigenvalue weighted by Gasteiger charge is -2.18. The molecule has 0 aliphatic carbocycles. The smallest absolute Gasteiger partial charge is 0.160 e. The van der Waals surface area contributed by atoms with E-state index in [-0.39, 0.29) is 0 Å². The Balaban J connectivity index is 1.85. The molecular weight excluding hydrogens is 356 g/mol. The number of pyridine rings is 1. The maximum atomic E-state index is 6.56. The average molecular weight is 377 g/mol. The fourth-order valence-corrected chi connectivity index (χ4v) is 3.69. The molecule has 4 rings (SSSR count).